The van der Waals surface area contributed by atoms with Gasteiger partial charge in [-0.1, -0.05) is 38.1 Å². The molecule has 0 unspecified atom stereocenters. The Morgan fingerprint density at radius 2 is 1.52 bits per heavy atom. The molecule has 0 radical (unpaired) electrons. The van der Waals surface area contributed by atoms with E-state index in [4.69, 9.17) is 18.9 Å². The summed E-state index contributed by atoms with van der Waals surface area (Å²) >= 11 is 0. The molecule has 0 aromatic heterocycles. The second-order valence-corrected chi connectivity index (χ2v) is 7.33. The molecule has 0 spiro atoms. The van der Waals surface area contributed by atoms with E-state index < -0.39 is 11.9 Å². The fourth-order valence-electron chi connectivity index (χ4n) is 3.76. The molecule has 0 amide bonds. The molecule has 0 atom stereocenters. The monoisotopic (exact) mass is 451 g/mol. The van der Waals surface area contributed by atoms with Gasteiger partial charge in [0.2, 0.25) is 11.5 Å². The average molecular weight is 452 g/mol. The van der Waals surface area contributed by atoms with Crippen LogP contribution in [0.15, 0.2) is 42.5 Å². The predicted octanol–water partition coefficient (Wildman–Crippen LogP) is 5.39. The van der Waals surface area contributed by atoms with Gasteiger partial charge in [0.1, 0.15) is 0 Å². The average Bonchev–Trinajstić information content (AvgIpc) is 2.84. The van der Waals surface area contributed by atoms with Gasteiger partial charge in [0.15, 0.2) is 11.5 Å². The molecule has 0 fully saturated rings. The first-order valence-electron chi connectivity index (χ1n) is 10.9. The summed E-state index contributed by atoms with van der Waals surface area (Å²) in [6, 6.07) is 12.5. The van der Waals surface area contributed by atoms with Gasteiger partial charge < -0.3 is 24.3 Å². The molecule has 7 heteroatoms. The highest BCUT2D eigenvalue weighted by molar-refractivity contribution is 6.09. The van der Waals surface area contributed by atoms with E-state index >= 15 is 0 Å². The summed E-state index contributed by atoms with van der Waals surface area (Å²) in [5.41, 5.74) is 2.15. The lowest BCUT2D eigenvalue weighted by Crippen LogP contribution is -2.13. The number of fused-ring (bicyclic) bond motifs is 1. The summed E-state index contributed by atoms with van der Waals surface area (Å²) in [5.74, 6) is -0.180. The van der Waals surface area contributed by atoms with Crippen LogP contribution in [0.4, 0.5) is 5.69 Å². The number of ether oxygens (including phenoxy) is 4. The van der Waals surface area contributed by atoms with Crippen LogP contribution in [-0.4, -0.2) is 33.2 Å². The van der Waals surface area contributed by atoms with Gasteiger partial charge in [0.25, 0.3) is 0 Å². The van der Waals surface area contributed by atoms with Gasteiger partial charge in [-0.25, -0.2) is 4.79 Å². The van der Waals surface area contributed by atoms with Crippen molar-refractivity contribution in [2.45, 2.75) is 33.1 Å². The molecule has 0 aliphatic rings. The van der Waals surface area contributed by atoms with Gasteiger partial charge >= 0.3 is 11.9 Å². The lowest BCUT2D eigenvalue weighted by atomic mass is 9.99. The van der Waals surface area contributed by atoms with Gasteiger partial charge in [-0.2, -0.15) is 0 Å². The van der Waals surface area contributed by atoms with Gasteiger partial charge in [-0.05, 0) is 36.6 Å². The maximum absolute atomic E-state index is 12.9. The molecule has 3 rings (SSSR count). The van der Waals surface area contributed by atoms with E-state index in [1.165, 1.54) is 14.2 Å². The number of methoxy groups -OCH3 is 2. The van der Waals surface area contributed by atoms with Gasteiger partial charge in [0, 0.05) is 24.5 Å². The maximum atomic E-state index is 12.9. The third-order valence-electron chi connectivity index (χ3n) is 5.30. The summed E-state index contributed by atoms with van der Waals surface area (Å²) in [6.45, 7) is 3.93. The Morgan fingerprint density at radius 3 is 2.09 bits per heavy atom. The lowest BCUT2D eigenvalue weighted by molar-refractivity contribution is -0.134. The van der Waals surface area contributed by atoms with Gasteiger partial charge in [0.05, 0.1) is 25.2 Å². The Labute approximate surface area is 193 Å². The number of hydrogen-bond donors (Lipinski definition) is 1. The van der Waals surface area contributed by atoms with Gasteiger partial charge in [-0.15, -0.1) is 0 Å². The summed E-state index contributed by atoms with van der Waals surface area (Å²) < 4.78 is 22.9. The molecular weight excluding hydrogens is 422 g/mol. The van der Waals surface area contributed by atoms with E-state index in [0.717, 1.165) is 17.7 Å². The summed E-state index contributed by atoms with van der Waals surface area (Å²) in [7, 11) is 4.69. The molecule has 3 aromatic rings. The fraction of sp³-hybridized carbons (Fsp3) is 0.308. The molecule has 0 bridgehead atoms. The second-order valence-electron chi connectivity index (χ2n) is 7.33. The van der Waals surface area contributed by atoms with Crippen molar-refractivity contribution in [1.29, 1.82) is 0 Å². The highest BCUT2D eigenvalue weighted by atomic mass is 16.6. The van der Waals surface area contributed by atoms with Crippen molar-refractivity contribution in [3.8, 4) is 23.0 Å². The topological polar surface area (TPSA) is 83.1 Å². The Morgan fingerprint density at radius 1 is 0.848 bits per heavy atom. The predicted molar refractivity (Wildman–Crippen MR) is 128 cm³/mol. The molecular formula is C26H29NO6. The number of carbonyl (C=O) groups is 2. The van der Waals surface area contributed by atoms with E-state index in [2.05, 4.69) is 5.32 Å². The van der Waals surface area contributed by atoms with Crippen LogP contribution < -0.4 is 24.3 Å². The zero-order valence-electron chi connectivity index (χ0n) is 19.6. The van der Waals surface area contributed by atoms with Crippen molar-refractivity contribution in [3.05, 3.63) is 53.6 Å². The first kappa shape index (κ1) is 23.9. The molecule has 0 saturated heterocycles. The van der Waals surface area contributed by atoms with E-state index in [1.54, 1.807) is 31.3 Å². The number of benzene rings is 3. The summed E-state index contributed by atoms with van der Waals surface area (Å²) in [4.78, 5) is 25.4. The van der Waals surface area contributed by atoms with Crippen LogP contribution in [0.2, 0.25) is 0 Å². The van der Waals surface area contributed by atoms with Crippen LogP contribution in [0.5, 0.6) is 23.0 Å². The standard InChI is InChI=1S/C26H29NO6/c1-6-11-19(28)32-23-20-18(15-14-16(7-2)21(20)27-3)22(24(30-4)25(23)31-5)33-26(29)17-12-9-8-10-13-17/h8-10,12-15,27H,6-7,11H2,1-5H3. The first-order chi connectivity index (χ1) is 16.0. The number of aryl methyl sites for hydroxylation is 1. The van der Waals surface area contributed by atoms with Crippen molar-refractivity contribution in [3.63, 3.8) is 0 Å². The van der Waals surface area contributed by atoms with Crippen molar-refractivity contribution in [2.75, 3.05) is 26.6 Å². The summed E-state index contributed by atoms with van der Waals surface area (Å²) in [5, 5.41) is 4.34. The second kappa shape index (κ2) is 10.7. The maximum Gasteiger partial charge on any atom is 0.343 e. The molecule has 3 aromatic carbocycles. The number of hydrogen-bond acceptors (Lipinski definition) is 7. The highest BCUT2D eigenvalue weighted by Gasteiger charge is 2.29. The van der Waals surface area contributed by atoms with E-state index in [1.807, 2.05) is 32.0 Å². The fourth-order valence-corrected chi connectivity index (χ4v) is 3.76. The van der Waals surface area contributed by atoms with Crippen LogP contribution in [0.1, 0.15) is 42.6 Å². The van der Waals surface area contributed by atoms with Crippen molar-refractivity contribution < 1.29 is 28.5 Å². The number of nitrogens with one attached hydrogen (secondary N) is 1. The molecule has 0 saturated carbocycles. The molecule has 7 nitrogen and oxygen atoms in total. The molecule has 174 valence electrons. The minimum Gasteiger partial charge on any atom is -0.490 e. The Balaban J connectivity index is 2.35. The Kier molecular flexibility index (Phi) is 7.77. The number of esters is 2. The number of rotatable bonds is 9. The van der Waals surface area contributed by atoms with Crippen molar-refractivity contribution in [1.82, 2.24) is 0 Å². The van der Waals surface area contributed by atoms with E-state index in [9.17, 15) is 9.59 Å². The molecule has 1 N–H and O–H groups in total. The normalized spacial score (nSPS) is 10.6. The molecule has 33 heavy (non-hydrogen) atoms. The Hall–Kier alpha value is -3.74. The molecule has 0 heterocycles. The first-order valence-corrected chi connectivity index (χ1v) is 10.9. The summed E-state index contributed by atoms with van der Waals surface area (Å²) in [6.07, 6.45) is 1.63. The van der Waals surface area contributed by atoms with Crippen molar-refractivity contribution in [2.24, 2.45) is 0 Å². The quantitative estimate of drug-likeness (QED) is 0.345. The van der Waals surface area contributed by atoms with Crippen LogP contribution in [0, 0.1) is 0 Å². The Bertz CT molecular complexity index is 1160. The SMILES string of the molecule is CCCC(=O)Oc1c(OC)c(OC)c(OC(=O)c2ccccc2)c2ccc(CC)c(NC)c12. The van der Waals surface area contributed by atoms with Crippen LogP contribution in [-0.2, 0) is 11.2 Å². The minimum absolute atomic E-state index is 0.167. The van der Waals surface area contributed by atoms with Gasteiger partial charge in [-0.3, -0.25) is 4.79 Å². The van der Waals surface area contributed by atoms with Crippen LogP contribution in [0.3, 0.4) is 0 Å². The minimum atomic E-state index is -0.543. The number of anilines is 1. The third kappa shape index (κ3) is 4.72. The molecule has 0 aliphatic carbocycles. The third-order valence-corrected chi connectivity index (χ3v) is 5.30. The van der Waals surface area contributed by atoms with Crippen LogP contribution >= 0.6 is 0 Å². The molecule has 0 aliphatic heterocycles. The smallest absolute Gasteiger partial charge is 0.343 e. The van der Waals surface area contributed by atoms with Crippen LogP contribution in [0.25, 0.3) is 10.8 Å². The number of carbonyl (C=O) groups excluding carboxylic acids is 2. The van der Waals surface area contributed by atoms with E-state index in [0.29, 0.717) is 22.8 Å². The zero-order chi connectivity index (χ0) is 24.0. The lowest BCUT2D eigenvalue weighted by Gasteiger charge is -2.22. The zero-order valence-corrected chi connectivity index (χ0v) is 19.6. The van der Waals surface area contributed by atoms with E-state index in [-0.39, 0.29) is 29.4 Å². The highest BCUT2D eigenvalue weighted by Crippen LogP contribution is 2.53. The largest absolute Gasteiger partial charge is 0.490 e. The van der Waals surface area contributed by atoms with Crippen molar-refractivity contribution >= 4 is 28.4 Å².